The van der Waals surface area contributed by atoms with E-state index >= 15 is 4.39 Å². The number of carbonyl (C=O) groups is 4. The van der Waals surface area contributed by atoms with E-state index in [0.717, 1.165) is 36.6 Å². The van der Waals surface area contributed by atoms with Gasteiger partial charge in [0, 0.05) is 39.3 Å². The molecule has 232 valence electrons. The minimum absolute atomic E-state index is 0.0347. The van der Waals surface area contributed by atoms with Crippen molar-refractivity contribution in [2.45, 2.75) is 116 Å². The van der Waals surface area contributed by atoms with E-state index in [1.165, 1.54) is 11.0 Å². The number of piperidine rings is 1. The second kappa shape index (κ2) is 12.8. The van der Waals surface area contributed by atoms with Crippen molar-refractivity contribution in [1.82, 2.24) is 15.1 Å². The lowest BCUT2D eigenvalue weighted by molar-refractivity contribution is -0.158. The first-order chi connectivity index (χ1) is 19.6. The number of halogens is 1. The molecule has 1 saturated heterocycles. The fourth-order valence-electron chi connectivity index (χ4n) is 5.98. The van der Waals surface area contributed by atoms with E-state index in [4.69, 9.17) is 9.47 Å². The van der Waals surface area contributed by atoms with E-state index in [1.807, 2.05) is 20.8 Å². The zero-order valence-electron chi connectivity index (χ0n) is 25.9. The summed E-state index contributed by atoms with van der Waals surface area (Å²) in [4.78, 5) is 54.3. The number of rotatable bonds is 9. The van der Waals surface area contributed by atoms with Crippen molar-refractivity contribution in [2.75, 3.05) is 13.3 Å². The number of fused-ring (bicyclic) bond motifs is 1. The molecule has 2 fully saturated rings. The monoisotopic (exact) mass is 603 g/mol. The van der Waals surface area contributed by atoms with Crippen LogP contribution in [0.2, 0.25) is 25.7 Å². The quantitative estimate of drug-likeness (QED) is 0.235. The van der Waals surface area contributed by atoms with Gasteiger partial charge in [-0.2, -0.15) is 0 Å². The molecule has 1 N–H and O–H groups in total. The molecule has 4 amide bonds. The maximum absolute atomic E-state index is 15.4. The molecule has 1 aromatic carbocycles. The number of likely N-dealkylation sites (tertiary alicyclic amines) is 1. The van der Waals surface area contributed by atoms with Gasteiger partial charge in [0.2, 0.25) is 5.91 Å². The Kier molecular flexibility index (Phi) is 9.81. The Balaban J connectivity index is 1.43. The fourth-order valence-corrected chi connectivity index (χ4v) is 6.74. The summed E-state index contributed by atoms with van der Waals surface area (Å²) in [6, 6.07) is 3.00. The van der Waals surface area contributed by atoms with Crippen molar-refractivity contribution in [3.63, 3.8) is 0 Å². The lowest BCUT2D eigenvalue weighted by Gasteiger charge is -2.35. The highest BCUT2D eigenvalue weighted by Crippen LogP contribution is 2.34. The van der Waals surface area contributed by atoms with Crippen LogP contribution in [-0.4, -0.2) is 72.7 Å². The van der Waals surface area contributed by atoms with Crippen LogP contribution < -0.4 is 5.32 Å². The minimum atomic E-state index is -1.32. The largest absolute Gasteiger partial charge is 0.444 e. The lowest BCUT2D eigenvalue weighted by Crippen LogP contribution is -2.55. The SMILES string of the molecule is CC(C)(C)OC(=O)N[C@H]1CCCC[C@@H]1Cc1cc2c(cc1F)C(=O)N(C1CCC(=O)N(COCC[Si](C)(C)C)C1=O)C2. The highest BCUT2D eigenvalue weighted by molar-refractivity contribution is 6.76. The first-order valence-corrected chi connectivity index (χ1v) is 18.9. The van der Waals surface area contributed by atoms with Crippen molar-refractivity contribution in [3.05, 3.63) is 34.6 Å². The summed E-state index contributed by atoms with van der Waals surface area (Å²) in [7, 11) is -1.32. The number of benzene rings is 1. The standard InChI is InChI=1S/C31H46FN3O6Si/c1-31(2,3)41-30(39)33-25-10-8-7-9-20(25)15-21-16-22-18-34(28(37)23(22)17-24(21)32)26-11-12-27(36)35(29(26)38)19-40-13-14-42(4,5)6/h16-17,20,25-26H,7-15,18-19H2,1-6H3,(H,33,39)/t20-,25+,26?/m1/s1. The second-order valence-electron chi connectivity index (χ2n) is 14.1. The molecule has 2 heterocycles. The molecule has 0 radical (unpaired) electrons. The van der Waals surface area contributed by atoms with Crippen molar-refractivity contribution >= 4 is 31.9 Å². The van der Waals surface area contributed by atoms with Crippen LogP contribution in [0.15, 0.2) is 12.1 Å². The molecule has 0 spiro atoms. The summed E-state index contributed by atoms with van der Waals surface area (Å²) in [5, 5.41) is 2.99. The smallest absolute Gasteiger partial charge is 0.407 e. The van der Waals surface area contributed by atoms with Crippen LogP contribution in [0.3, 0.4) is 0 Å². The third kappa shape index (κ3) is 7.97. The van der Waals surface area contributed by atoms with Gasteiger partial charge < -0.3 is 19.7 Å². The van der Waals surface area contributed by atoms with E-state index in [-0.39, 0.29) is 49.5 Å². The highest BCUT2D eigenvalue weighted by atomic mass is 28.3. The van der Waals surface area contributed by atoms with E-state index in [1.54, 1.807) is 6.07 Å². The van der Waals surface area contributed by atoms with Crippen LogP contribution >= 0.6 is 0 Å². The molecule has 9 nitrogen and oxygen atoms in total. The molecule has 0 aromatic heterocycles. The average Bonchev–Trinajstić information content (AvgIpc) is 3.18. The maximum Gasteiger partial charge on any atom is 0.407 e. The zero-order chi connectivity index (χ0) is 30.8. The molecule has 4 rings (SSSR count). The second-order valence-corrected chi connectivity index (χ2v) is 19.7. The van der Waals surface area contributed by atoms with Crippen LogP contribution in [0.4, 0.5) is 9.18 Å². The number of ether oxygens (including phenoxy) is 2. The number of nitrogens with one attached hydrogen (secondary N) is 1. The summed E-state index contributed by atoms with van der Waals surface area (Å²) < 4.78 is 26.5. The normalized spacial score (nSPS) is 23.3. The molecular weight excluding hydrogens is 557 g/mol. The van der Waals surface area contributed by atoms with Crippen LogP contribution in [0.1, 0.15) is 80.8 Å². The Labute approximate surface area is 249 Å². The predicted octanol–water partition coefficient (Wildman–Crippen LogP) is 5.24. The van der Waals surface area contributed by atoms with Gasteiger partial charge in [-0.05, 0) is 75.6 Å². The molecule has 1 saturated carbocycles. The highest BCUT2D eigenvalue weighted by Gasteiger charge is 2.43. The molecule has 1 aromatic rings. The summed E-state index contributed by atoms with van der Waals surface area (Å²) in [6.07, 6.45) is 3.95. The number of nitrogens with zero attached hydrogens (tertiary/aromatic N) is 2. The van der Waals surface area contributed by atoms with Gasteiger partial charge >= 0.3 is 6.09 Å². The summed E-state index contributed by atoms with van der Waals surface area (Å²) >= 11 is 0. The third-order valence-corrected chi connectivity index (χ3v) is 9.98. The number of hydrogen-bond acceptors (Lipinski definition) is 6. The van der Waals surface area contributed by atoms with Gasteiger partial charge in [-0.25, -0.2) is 9.18 Å². The molecule has 1 unspecified atom stereocenters. The number of hydrogen-bond donors (Lipinski definition) is 1. The van der Waals surface area contributed by atoms with Crippen LogP contribution in [0, 0.1) is 11.7 Å². The van der Waals surface area contributed by atoms with Crippen molar-refractivity contribution in [1.29, 1.82) is 0 Å². The van der Waals surface area contributed by atoms with Gasteiger partial charge in [-0.3, -0.25) is 19.3 Å². The van der Waals surface area contributed by atoms with Gasteiger partial charge in [0.05, 0.1) is 0 Å². The molecule has 0 bridgehead atoms. The van der Waals surface area contributed by atoms with Crippen LogP contribution in [0.25, 0.3) is 0 Å². The Hall–Kier alpha value is -2.79. The molecule has 42 heavy (non-hydrogen) atoms. The number of carbonyl (C=O) groups excluding carboxylic acids is 4. The van der Waals surface area contributed by atoms with E-state index < -0.39 is 43.4 Å². The molecule has 11 heteroatoms. The van der Waals surface area contributed by atoms with E-state index in [2.05, 4.69) is 25.0 Å². The first kappa shape index (κ1) is 32.1. The van der Waals surface area contributed by atoms with E-state index in [0.29, 0.717) is 24.2 Å². The Morgan fingerprint density at radius 2 is 1.81 bits per heavy atom. The minimum Gasteiger partial charge on any atom is -0.444 e. The molecule has 2 aliphatic heterocycles. The van der Waals surface area contributed by atoms with Gasteiger partial charge in [0.25, 0.3) is 11.8 Å². The van der Waals surface area contributed by atoms with Gasteiger partial charge in [0.15, 0.2) is 0 Å². The predicted molar refractivity (Wildman–Crippen MR) is 159 cm³/mol. The van der Waals surface area contributed by atoms with Crippen LogP contribution in [-0.2, 0) is 32.0 Å². The summed E-state index contributed by atoms with van der Waals surface area (Å²) in [6.45, 7) is 12.7. The fraction of sp³-hybridized carbons (Fsp3) is 0.677. The summed E-state index contributed by atoms with van der Waals surface area (Å²) in [5.41, 5.74) is 0.815. The Morgan fingerprint density at radius 3 is 2.50 bits per heavy atom. The molecule has 3 aliphatic rings. The third-order valence-electron chi connectivity index (χ3n) is 8.27. The Morgan fingerprint density at radius 1 is 1.10 bits per heavy atom. The van der Waals surface area contributed by atoms with E-state index in [9.17, 15) is 19.2 Å². The number of alkyl carbamates (subject to hydrolysis) is 1. The molecule has 1 aliphatic carbocycles. The number of imide groups is 1. The van der Waals surface area contributed by atoms with Gasteiger partial charge in [-0.1, -0.05) is 38.5 Å². The van der Waals surface area contributed by atoms with Gasteiger partial charge in [0.1, 0.15) is 24.2 Å². The van der Waals surface area contributed by atoms with Crippen molar-refractivity contribution < 1.29 is 33.0 Å². The van der Waals surface area contributed by atoms with Crippen molar-refractivity contribution in [2.24, 2.45) is 5.92 Å². The van der Waals surface area contributed by atoms with Gasteiger partial charge in [-0.15, -0.1) is 0 Å². The lowest BCUT2D eigenvalue weighted by atomic mass is 9.80. The maximum atomic E-state index is 15.4. The number of amides is 4. The molecule has 3 atom stereocenters. The zero-order valence-corrected chi connectivity index (χ0v) is 26.9. The van der Waals surface area contributed by atoms with Crippen molar-refractivity contribution in [3.8, 4) is 0 Å². The molecular formula is C31H46FN3O6Si. The first-order valence-electron chi connectivity index (χ1n) is 15.2. The average molecular weight is 604 g/mol. The Bertz CT molecular complexity index is 1210. The van der Waals surface area contributed by atoms with Crippen LogP contribution in [0.5, 0.6) is 0 Å². The summed E-state index contributed by atoms with van der Waals surface area (Å²) in [5.74, 6) is -1.58. The topological polar surface area (TPSA) is 105 Å².